The molecule has 90 valence electrons. The fourth-order valence-corrected chi connectivity index (χ4v) is 2.06. The van der Waals surface area contributed by atoms with Crippen LogP contribution in [-0.4, -0.2) is 31.7 Å². The molecule has 1 N–H and O–H groups in total. The topological polar surface area (TPSA) is 79.0 Å². The van der Waals surface area contributed by atoms with Crippen LogP contribution in [0, 0.1) is 0 Å². The molecule has 1 aliphatic rings. The molecular weight excluding hydrogens is 232 g/mol. The van der Waals surface area contributed by atoms with Gasteiger partial charge in [-0.05, 0) is 19.1 Å². The Morgan fingerprint density at radius 1 is 1.22 bits per heavy atom. The van der Waals surface area contributed by atoms with Gasteiger partial charge >= 0.3 is 0 Å². The lowest BCUT2D eigenvalue weighted by molar-refractivity contribution is 0.0587. The number of nitrogens with zero attached hydrogens (tertiary/aromatic N) is 3. The number of aromatic amines is 1. The van der Waals surface area contributed by atoms with Gasteiger partial charge in [0.15, 0.2) is 0 Å². The molecule has 3 heterocycles. The van der Waals surface area contributed by atoms with E-state index >= 15 is 0 Å². The van der Waals surface area contributed by atoms with Gasteiger partial charge in [0.2, 0.25) is 0 Å². The van der Waals surface area contributed by atoms with E-state index in [-0.39, 0.29) is 17.5 Å². The molecule has 2 aromatic rings. The van der Waals surface area contributed by atoms with E-state index in [4.69, 9.17) is 0 Å². The van der Waals surface area contributed by atoms with Gasteiger partial charge in [-0.2, -0.15) is 0 Å². The van der Waals surface area contributed by atoms with Crippen molar-refractivity contribution in [1.29, 1.82) is 0 Å². The number of imidazole rings is 1. The zero-order valence-corrected chi connectivity index (χ0v) is 9.62. The number of carbonyl (C=O) groups is 2. The standard InChI is InChI=1S/C12H10N4O2/c1-7(10-14-5-6-15-10)16-11(17)8-3-2-4-13-9(8)12(16)18/h2-7H,1H3,(H,14,15). The molecule has 18 heavy (non-hydrogen) atoms. The van der Waals surface area contributed by atoms with Crippen molar-refractivity contribution in [3.63, 3.8) is 0 Å². The van der Waals surface area contributed by atoms with Crippen LogP contribution in [0.25, 0.3) is 0 Å². The number of rotatable bonds is 2. The minimum Gasteiger partial charge on any atom is -0.347 e. The number of amides is 2. The highest BCUT2D eigenvalue weighted by atomic mass is 16.2. The van der Waals surface area contributed by atoms with Crippen molar-refractivity contribution in [3.05, 3.63) is 47.8 Å². The summed E-state index contributed by atoms with van der Waals surface area (Å²) in [4.78, 5) is 36.4. The number of hydrogen-bond acceptors (Lipinski definition) is 4. The molecule has 1 unspecified atom stereocenters. The average Bonchev–Trinajstić information content (AvgIpc) is 2.99. The first kappa shape index (κ1) is 10.6. The smallest absolute Gasteiger partial charge is 0.280 e. The zero-order valence-electron chi connectivity index (χ0n) is 9.62. The molecule has 2 amide bonds. The van der Waals surface area contributed by atoms with Crippen molar-refractivity contribution in [1.82, 2.24) is 19.9 Å². The maximum atomic E-state index is 12.2. The third-order valence-corrected chi connectivity index (χ3v) is 2.98. The summed E-state index contributed by atoms with van der Waals surface area (Å²) in [5.41, 5.74) is 0.557. The van der Waals surface area contributed by atoms with E-state index in [0.29, 0.717) is 11.4 Å². The number of pyridine rings is 1. The van der Waals surface area contributed by atoms with Gasteiger partial charge in [0.1, 0.15) is 11.5 Å². The van der Waals surface area contributed by atoms with Crippen molar-refractivity contribution >= 4 is 11.8 Å². The molecule has 0 spiro atoms. The SMILES string of the molecule is CC(c1ncc[nH]1)N1C(=O)c2cccnc2C1=O. The molecular formula is C12H10N4O2. The summed E-state index contributed by atoms with van der Waals surface area (Å²) in [5, 5.41) is 0. The Hall–Kier alpha value is -2.50. The van der Waals surface area contributed by atoms with Crippen LogP contribution in [0.15, 0.2) is 30.7 Å². The van der Waals surface area contributed by atoms with Crippen LogP contribution in [0.2, 0.25) is 0 Å². The zero-order chi connectivity index (χ0) is 12.7. The van der Waals surface area contributed by atoms with Crippen molar-refractivity contribution in [2.24, 2.45) is 0 Å². The number of carbonyl (C=O) groups excluding carboxylic acids is 2. The van der Waals surface area contributed by atoms with E-state index in [2.05, 4.69) is 15.0 Å². The lowest BCUT2D eigenvalue weighted by Gasteiger charge is -2.20. The van der Waals surface area contributed by atoms with Crippen molar-refractivity contribution in [3.8, 4) is 0 Å². The third kappa shape index (κ3) is 1.35. The van der Waals surface area contributed by atoms with Crippen LogP contribution in [0.1, 0.15) is 39.6 Å². The van der Waals surface area contributed by atoms with Gasteiger partial charge < -0.3 is 4.98 Å². The number of hydrogen-bond donors (Lipinski definition) is 1. The third-order valence-electron chi connectivity index (χ3n) is 2.98. The summed E-state index contributed by atoms with van der Waals surface area (Å²) in [6, 6.07) is 2.82. The number of fused-ring (bicyclic) bond motifs is 1. The Labute approximate surface area is 103 Å². The Kier molecular flexibility index (Phi) is 2.22. The summed E-state index contributed by atoms with van der Waals surface area (Å²) in [7, 11) is 0. The number of aromatic nitrogens is 3. The highest BCUT2D eigenvalue weighted by Crippen LogP contribution is 2.28. The van der Waals surface area contributed by atoms with Gasteiger partial charge in [-0.3, -0.25) is 19.5 Å². The summed E-state index contributed by atoms with van der Waals surface area (Å²) >= 11 is 0. The van der Waals surface area contributed by atoms with E-state index in [1.165, 1.54) is 11.1 Å². The van der Waals surface area contributed by atoms with E-state index in [9.17, 15) is 9.59 Å². The summed E-state index contributed by atoms with van der Waals surface area (Å²) in [5.74, 6) is -0.129. The van der Waals surface area contributed by atoms with Crippen LogP contribution in [0.4, 0.5) is 0 Å². The monoisotopic (exact) mass is 242 g/mol. The quantitative estimate of drug-likeness (QED) is 0.801. The fourth-order valence-electron chi connectivity index (χ4n) is 2.06. The Balaban J connectivity index is 2.02. The van der Waals surface area contributed by atoms with Gasteiger partial charge in [-0.15, -0.1) is 0 Å². The minimum absolute atomic E-state index is 0.209. The van der Waals surface area contributed by atoms with Crippen LogP contribution in [0.3, 0.4) is 0 Å². The van der Waals surface area contributed by atoms with Gasteiger partial charge in [0.25, 0.3) is 11.8 Å². The normalized spacial score (nSPS) is 15.9. The number of nitrogens with one attached hydrogen (secondary N) is 1. The summed E-state index contributed by atoms with van der Waals surface area (Å²) in [6.07, 6.45) is 4.75. The Morgan fingerprint density at radius 3 is 2.72 bits per heavy atom. The molecule has 3 rings (SSSR count). The second kappa shape index (κ2) is 3.76. The molecule has 6 heteroatoms. The maximum Gasteiger partial charge on any atom is 0.280 e. The van der Waals surface area contributed by atoms with Gasteiger partial charge in [0, 0.05) is 18.6 Å². The molecule has 0 aromatic carbocycles. The highest BCUT2D eigenvalue weighted by molar-refractivity contribution is 6.20. The summed E-state index contributed by atoms with van der Waals surface area (Å²) < 4.78 is 0. The lowest BCUT2D eigenvalue weighted by atomic mass is 10.2. The van der Waals surface area contributed by atoms with E-state index < -0.39 is 6.04 Å². The van der Waals surface area contributed by atoms with Crippen molar-refractivity contribution in [2.75, 3.05) is 0 Å². The van der Waals surface area contributed by atoms with Crippen LogP contribution in [0.5, 0.6) is 0 Å². The van der Waals surface area contributed by atoms with Gasteiger partial charge in [0.05, 0.1) is 11.6 Å². The first-order valence-electron chi connectivity index (χ1n) is 5.52. The van der Waals surface area contributed by atoms with E-state index in [1.807, 2.05) is 0 Å². The van der Waals surface area contributed by atoms with Crippen molar-refractivity contribution in [2.45, 2.75) is 13.0 Å². The second-order valence-corrected chi connectivity index (χ2v) is 4.03. The fraction of sp³-hybridized carbons (Fsp3) is 0.167. The molecule has 6 nitrogen and oxygen atoms in total. The highest BCUT2D eigenvalue weighted by Gasteiger charge is 2.40. The predicted octanol–water partition coefficient (Wildman–Crippen LogP) is 1.16. The van der Waals surface area contributed by atoms with E-state index in [1.54, 1.807) is 31.5 Å². The molecule has 0 radical (unpaired) electrons. The van der Waals surface area contributed by atoms with Crippen LogP contribution in [-0.2, 0) is 0 Å². The molecule has 0 fully saturated rings. The molecule has 0 saturated heterocycles. The van der Waals surface area contributed by atoms with Gasteiger partial charge in [-0.25, -0.2) is 4.98 Å². The number of imide groups is 1. The van der Waals surface area contributed by atoms with Gasteiger partial charge in [-0.1, -0.05) is 0 Å². The molecule has 2 aromatic heterocycles. The lowest BCUT2D eigenvalue weighted by Crippen LogP contribution is -2.33. The van der Waals surface area contributed by atoms with Crippen LogP contribution < -0.4 is 0 Å². The second-order valence-electron chi connectivity index (χ2n) is 4.03. The first-order valence-corrected chi connectivity index (χ1v) is 5.52. The molecule has 0 bridgehead atoms. The molecule has 1 atom stereocenters. The molecule has 1 aliphatic heterocycles. The Morgan fingerprint density at radius 2 is 2.06 bits per heavy atom. The van der Waals surface area contributed by atoms with Crippen molar-refractivity contribution < 1.29 is 9.59 Å². The van der Waals surface area contributed by atoms with Crippen LogP contribution >= 0.6 is 0 Å². The average molecular weight is 242 g/mol. The number of H-pyrrole nitrogens is 1. The summed E-state index contributed by atoms with van der Waals surface area (Å²) in [6.45, 7) is 1.75. The Bertz CT molecular complexity index is 586. The van der Waals surface area contributed by atoms with E-state index in [0.717, 1.165) is 0 Å². The predicted molar refractivity (Wildman–Crippen MR) is 61.7 cm³/mol. The molecule has 0 saturated carbocycles. The molecule has 0 aliphatic carbocycles. The largest absolute Gasteiger partial charge is 0.347 e. The maximum absolute atomic E-state index is 12.2. The first-order chi connectivity index (χ1) is 8.70. The minimum atomic E-state index is -0.436.